The van der Waals surface area contributed by atoms with Gasteiger partial charge in [-0.3, -0.25) is 4.79 Å². The molecule has 0 fully saturated rings. The average molecular weight is 315 g/mol. The third kappa shape index (κ3) is 2.19. The minimum atomic E-state index is -0.840. The SMILES string of the molecule is CCc1c(C(C)C(=O)O)cc(Br)c2c1OCCO2. The number of rotatable bonds is 3. The largest absolute Gasteiger partial charge is 0.486 e. The van der Waals surface area contributed by atoms with Gasteiger partial charge in [0.1, 0.15) is 13.2 Å². The Kier molecular flexibility index (Phi) is 3.80. The number of aliphatic carboxylic acids is 1. The maximum Gasteiger partial charge on any atom is 0.310 e. The molecule has 4 nitrogen and oxygen atoms in total. The van der Waals surface area contributed by atoms with Crippen molar-refractivity contribution in [3.63, 3.8) is 0 Å². The standard InChI is InChI=1S/C13H15BrO4/c1-3-8-9(7(2)13(15)16)6-10(14)12-11(8)17-4-5-18-12/h6-7H,3-5H2,1-2H3,(H,15,16). The summed E-state index contributed by atoms with van der Waals surface area (Å²) in [5.41, 5.74) is 1.70. The first-order valence-corrected chi connectivity index (χ1v) is 6.69. The average Bonchev–Trinajstić information content (AvgIpc) is 2.37. The van der Waals surface area contributed by atoms with Crippen molar-refractivity contribution in [3.05, 3.63) is 21.7 Å². The molecular formula is C13H15BrO4. The van der Waals surface area contributed by atoms with Gasteiger partial charge in [0.05, 0.1) is 10.4 Å². The van der Waals surface area contributed by atoms with Gasteiger partial charge >= 0.3 is 5.97 Å². The normalized spacial score (nSPS) is 15.3. The second-order valence-electron chi connectivity index (χ2n) is 4.19. The second-order valence-corrected chi connectivity index (χ2v) is 5.05. The fourth-order valence-corrected chi connectivity index (χ4v) is 2.67. The lowest BCUT2D eigenvalue weighted by Crippen LogP contribution is -2.19. The molecule has 0 aromatic heterocycles. The van der Waals surface area contributed by atoms with Crippen LogP contribution in [0.4, 0.5) is 0 Å². The zero-order valence-electron chi connectivity index (χ0n) is 10.3. The van der Waals surface area contributed by atoms with Gasteiger partial charge in [-0.15, -0.1) is 0 Å². The predicted molar refractivity (Wildman–Crippen MR) is 70.6 cm³/mol. The predicted octanol–water partition coefficient (Wildman–Crippen LogP) is 2.97. The summed E-state index contributed by atoms with van der Waals surface area (Å²) in [6, 6.07) is 1.82. The molecule has 1 aromatic rings. The maximum atomic E-state index is 11.2. The van der Waals surface area contributed by atoms with Crippen LogP contribution < -0.4 is 9.47 Å². The lowest BCUT2D eigenvalue weighted by atomic mass is 9.93. The number of carbonyl (C=O) groups is 1. The first-order valence-electron chi connectivity index (χ1n) is 5.90. The molecule has 18 heavy (non-hydrogen) atoms. The van der Waals surface area contributed by atoms with Crippen LogP contribution in [0.1, 0.15) is 30.9 Å². The van der Waals surface area contributed by atoms with Gasteiger partial charge in [-0.25, -0.2) is 0 Å². The van der Waals surface area contributed by atoms with E-state index >= 15 is 0 Å². The number of benzene rings is 1. The summed E-state index contributed by atoms with van der Waals surface area (Å²) >= 11 is 3.42. The van der Waals surface area contributed by atoms with Crippen LogP contribution in [0, 0.1) is 0 Å². The van der Waals surface area contributed by atoms with E-state index < -0.39 is 11.9 Å². The Morgan fingerprint density at radius 1 is 1.44 bits per heavy atom. The first-order chi connectivity index (χ1) is 8.56. The van der Waals surface area contributed by atoms with Crippen molar-refractivity contribution < 1.29 is 19.4 Å². The molecule has 1 aromatic carbocycles. The topological polar surface area (TPSA) is 55.8 Å². The van der Waals surface area contributed by atoms with Crippen LogP contribution in [0.5, 0.6) is 11.5 Å². The molecular weight excluding hydrogens is 300 g/mol. The summed E-state index contributed by atoms with van der Waals surface area (Å²) in [5, 5.41) is 9.16. The molecule has 0 bridgehead atoms. The van der Waals surface area contributed by atoms with Gasteiger partial charge in [0.2, 0.25) is 0 Å². The monoisotopic (exact) mass is 314 g/mol. The highest BCUT2D eigenvalue weighted by atomic mass is 79.9. The van der Waals surface area contributed by atoms with Crippen molar-refractivity contribution in [2.45, 2.75) is 26.2 Å². The Bertz CT molecular complexity index is 484. The Balaban J connectivity index is 2.60. The van der Waals surface area contributed by atoms with Crippen LogP contribution >= 0.6 is 15.9 Å². The van der Waals surface area contributed by atoms with Crippen LogP contribution in [0.2, 0.25) is 0 Å². The smallest absolute Gasteiger partial charge is 0.310 e. The van der Waals surface area contributed by atoms with E-state index in [1.54, 1.807) is 6.92 Å². The molecule has 1 heterocycles. The molecule has 2 rings (SSSR count). The summed E-state index contributed by atoms with van der Waals surface area (Å²) in [6.45, 7) is 4.68. The van der Waals surface area contributed by atoms with Crippen LogP contribution in [0.25, 0.3) is 0 Å². The number of fused-ring (bicyclic) bond motifs is 1. The van der Waals surface area contributed by atoms with E-state index in [0.29, 0.717) is 31.1 Å². The molecule has 1 aliphatic heterocycles. The number of hydrogen-bond donors (Lipinski definition) is 1. The molecule has 0 spiro atoms. The number of ether oxygens (including phenoxy) is 2. The van der Waals surface area contributed by atoms with E-state index in [9.17, 15) is 4.79 Å². The highest BCUT2D eigenvalue weighted by molar-refractivity contribution is 9.10. The van der Waals surface area contributed by atoms with E-state index in [0.717, 1.165) is 15.6 Å². The summed E-state index contributed by atoms with van der Waals surface area (Å²) in [6.07, 6.45) is 0.714. The molecule has 1 aliphatic rings. The van der Waals surface area contributed by atoms with Crippen molar-refractivity contribution in [3.8, 4) is 11.5 Å². The van der Waals surface area contributed by atoms with E-state index in [-0.39, 0.29) is 0 Å². The molecule has 1 atom stereocenters. The minimum Gasteiger partial charge on any atom is -0.486 e. The molecule has 0 saturated carbocycles. The van der Waals surface area contributed by atoms with Gasteiger partial charge in [-0.2, -0.15) is 0 Å². The van der Waals surface area contributed by atoms with Gasteiger partial charge in [0.25, 0.3) is 0 Å². The number of halogens is 1. The lowest BCUT2D eigenvalue weighted by molar-refractivity contribution is -0.138. The van der Waals surface area contributed by atoms with Crippen molar-refractivity contribution >= 4 is 21.9 Å². The van der Waals surface area contributed by atoms with Crippen molar-refractivity contribution in [1.82, 2.24) is 0 Å². The Morgan fingerprint density at radius 2 is 2.06 bits per heavy atom. The van der Waals surface area contributed by atoms with Crippen molar-refractivity contribution in [2.24, 2.45) is 0 Å². The zero-order chi connectivity index (χ0) is 13.3. The highest BCUT2D eigenvalue weighted by Crippen LogP contribution is 2.44. The molecule has 0 aliphatic carbocycles. The van der Waals surface area contributed by atoms with Crippen LogP contribution in [-0.2, 0) is 11.2 Å². The summed E-state index contributed by atoms with van der Waals surface area (Å²) in [4.78, 5) is 11.2. The molecule has 0 radical (unpaired) electrons. The zero-order valence-corrected chi connectivity index (χ0v) is 11.9. The van der Waals surface area contributed by atoms with Gasteiger partial charge in [-0.1, -0.05) is 6.92 Å². The third-order valence-electron chi connectivity index (χ3n) is 3.09. The van der Waals surface area contributed by atoms with Crippen LogP contribution in [0.15, 0.2) is 10.5 Å². The van der Waals surface area contributed by atoms with Gasteiger partial charge < -0.3 is 14.6 Å². The van der Waals surface area contributed by atoms with Crippen LogP contribution in [0.3, 0.4) is 0 Å². The fraction of sp³-hybridized carbons (Fsp3) is 0.462. The van der Waals surface area contributed by atoms with E-state index in [1.807, 2.05) is 13.0 Å². The number of hydrogen-bond acceptors (Lipinski definition) is 3. The molecule has 0 amide bonds. The minimum absolute atomic E-state index is 0.497. The molecule has 1 unspecified atom stereocenters. The summed E-state index contributed by atoms with van der Waals surface area (Å²) < 4.78 is 12.0. The molecule has 98 valence electrons. The fourth-order valence-electron chi connectivity index (χ4n) is 2.12. The van der Waals surface area contributed by atoms with Gasteiger partial charge in [0.15, 0.2) is 11.5 Å². The van der Waals surface area contributed by atoms with E-state index in [1.165, 1.54) is 0 Å². The number of carboxylic acid groups (broad SMARTS) is 1. The molecule has 5 heteroatoms. The second kappa shape index (κ2) is 5.18. The van der Waals surface area contributed by atoms with E-state index in [2.05, 4.69) is 15.9 Å². The number of carboxylic acids is 1. The Morgan fingerprint density at radius 3 is 2.61 bits per heavy atom. The highest BCUT2D eigenvalue weighted by Gasteiger charge is 2.26. The van der Waals surface area contributed by atoms with Crippen molar-refractivity contribution in [1.29, 1.82) is 0 Å². The Hall–Kier alpha value is -1.23. The van der Waals surface area contributed by atoms with Gasteiger partial charge in [-0.05, 0) is 40.9 Å². The van der Waals surface area contributed by atoms with E-state index in [4.69, 9.17) is 14.6 Å². The summed E-state index contributed by atoms with van der Waals surface area (Å²) in [7, 11) is 0. The molecule has 0 saturated heterocycles. The lowest BCUT2D eigenvalue weighted by Gasteiger charge is -2.25. The van der Waals surface area contributed by atoms with Crippen molar-refractivity contribution in [2.75, 3.05) is 13.2 Å². The maximum absolute atomic E-state index is 11.2. The van der Waals surface area contributed by atoms with Gasteiger partial charge in [0, 0.05) is 5.56 Å². The Labute approximate surface area is 114 Å². The molecule has 1 N–H and O–H groups in total. The quantitative estimate of drug-likeness (QED) is 0.932. The first kappa shape index (κ1) is 13.2. The summed E-state index contributed by atoms with van der Waals surface area (Å²) in [5.74, 6) is -0.0407. The third-order valence-corrected chi connectivity index (χ3v) is 3.68. The van der Waals surface area contributed by atoms with Crippen LogP contribution in [-0.4, -0.2) is 24.3 Å².